The third kappa shape index (κ3) is 4.60. The van der Waals surface area contributed by atoms with Gasteiger partial charge in [0.1, 0.15) is 0 Å². The Morgan fingerprint density at radius 3 is 2.44 bits per heavy atom. The molecule has 0 spiro atoms. The van der Waals surface area contributed by atoms with Crippen LogP contribution in [0.1, 0.15) is 23.4 Å². The number of piperazine rings is 1. The minimum atomic E-state index is 0.450. The molecule has 27 heavy (non-hydrogen) atoms. The van der Waals surface area contributed by atoms with Crippen LogP contribution in [0.25, 0.3) is 10.8 Å². The van der Waals surface area contributed by atoms with Crippen molar-refractivity contribution < 1.29 is 0 Å². The van der Waals surface area contributed by atoms with Gasteiger partial charge in [-0.2, -0.15) is 0 Å². The predicted octanol–water partition coefficient (Wildman–Crippen LogP) is 4.24. The maximum atomic E-state index is 4.49. The van der Waals surface area contributed by atoms with Gasteiger partial charge in [0, 0.05) is 66.7 Å². The van der Waals surface area contributed by atoms with E-state index in [9.17, 15) is 0 Å². The van der Waals surface area contributed by atoms with Crippen LogP contribution in [-0.4, -0.2) is 50.9 Å². The van der Waals surface area contributed by atoms with Crippen LogP contribution in [0.15, 0.2) is 53.4 Å². The standard InChI is InChI=1S/C20H22BrN5S/c1-15(16-3-5-17(21)6-4-16)26-11-9-25(10-12-26)14-18-13-24-20(27-18)19-22-7-2-8-23-19/h2-8,13,15H,9-12,14H2,1H3. The summed E-state index contributed by atoms with van der Waals surface area (Å²) in [6, 6.07) is 11.0. The second kappa shape index (κ2) is 8.56. The molecule has 3 heterocycles. The normalized spacial score (nSPS) is 17.1. The lowest BCUT2D eigenvalue weighted by atomic mass is 10.1. The first-order chi connectivity index (χ1) is 13.2. The first-order valence-electron chi connectivity index (χ1n) is 9.13. The maximum absolute atomic E-state index is 4.49. The molecule has 1 aromatic carbocycles. The van der Waals surface area contributed by atoms with E-state index in [0.717, 1.165) is 42.2 Å². The average molecular weight is 444 g/mol. The summed E-state index contributed by atoms with van der Waals surface area (Å²) in [6.45, 7) is 7.58. The van der Waals surface area contributed by atoms with Crippen LogP contribution in [0, 0.1) is 0 Å². The molecule has 0 N–H and O–H groups in total. The van der Waals surface area contributed by atoms with Crippen molar-refractivity contribution in [1.29, 1.82) is 0 Å². The Labute approximate surface area is 172 Å². The van der Waals surface area contributed by atoms with Crippen LogP contribution < -0.4 is 0 Å². The number of benzene rings is 1. The van der Waals surface area contributed by atoms with Gasteiger partial charge >= 0.3 is 0 Å². The molecular formula is C20H22BrN5S. The third-order valence-corrected chi connectivity index (χ3v) is 6.50. The first-order valence-corrected chi connectivity index (χ1v) is 10.7. The van der Waals surface area contributed by atoms with Gasteiger partial charge < -0.3 is 0 Å². The van der Waals surface area contributed by atoms with Crippen molar-refractivity contribution in [3.63, 3.8) is 0 Å². The Morgan fingerprint density at radius 1 is 1.04 bits per heavy atom. The van der Waals surface area contributed by atoms with E-state index in [1.165, 1.54) is 10.4 Å². The van der Waals surface area contributed by atoms with Crippen LogP contribution in [0.5, 0.6) is 0 Å². The number of halogens is 1. The molecule has 5 nitrogen and oxygen atoms in total. The Kier molecular flexibility index (Phi) is 5.92. The molecule has 7 heteroatoms. The summed E-state index contributed by atoms with van der Waals surface area (Å²) in [5.74, 6) is 0.710. The molecule has 0 amide bonds. The summed E-state index contributed by atoms with van der Waals surface area (Å²) in [5, 5.41) is 0.896. The predicted molar refractivity (Wildman–Crippen MR) is 113 cm³/mol. The molecule has 2 aromatic heterocycles. The Hall–Kier alpha value is -1.67. The van der Waals surface area contributed by atoms with E-state index in [2.05, 4.69) is 71.9 Å². The number of hydrogen-bond acceptors (Lipinski definition) is 6. The lowest BCUT2D eigenvalue weighted by Crippen LogP contribution is -2.46. The van der Waals surface area contributed by atoms with Crippen molar-refractivity contribution in [3.8, 4) is 10.8 Å². The van der Waals surface area contributed by atoms with E-state index in [1.807, 2.05) is 12.3 Å². The van der Waals surface area contributed by atoms with E-state index >= 15 is 0 Å². The fourth-order valence-electron chi connectivity index (χ4n) is 3.37. The van der Waals surface area contributed by atoms with Gasteiger partial charge in [0.05, 0.1) is 0 Å². The van der Waals surface area contributed by atoms with Crippen molar-refractivity contribution in [2.24, 2.45) is 0 Å². The molecule has 1 aliphatic heterocycles. The zero-order chi connectivity index (χ0) is 18.6. The van der Waals surface area contributed by atoms with Crippen molar-refractivity contribution in [1.82, 2.24) is 24.8 Å². The molecule has 0 aliphatic carbocycles. The molecule has 0 bridgehead atoms. The van der Waals surface area contributed by atoms with E-state index < -0.39 is 0 Å². The number of nitrogens with zero attached hydrogens (tertiary/aromatic N) is 5. The maximum Gasteiger partial charge on any atom is 0.188 e. The van der Waals surface area contributed by atoms with Gasteiger partial charge in [-0.1, -0.05) is 28.1 Å². The van der Waals surface area contributed by atoms with E-state index in [4.69, 9.17) is 0 Å². The van der Waals surface area contributed by atoms with Gasteiger partial charge in [0.2, 0.25) is 0 Å². The number of hydrogen-bond donors (Lipinski definition) is 0. The SMILES string of the molecule is CC(c1ccc(Br)cc1)N1CCN(Cc2cnc(-c3ncccn3)s2)CC1. The quantitative estimate of drug-likeness (QED) is 0.589. The molecule has 0 saturated carbocycles. The topological polar surface area (TPSA) is 45.2 Å². The smallest absolute Gasteiger partial charge is 0.188 e. The first kappa shape index (κ1) is 18.7. The van der Waals surface area contributed by atoms with Crippen LogP contribution in [0.3, 0.4) is 0 Å². The van der Waals surface area contributed by atoms with Crippen LogP contribution in [0.4, 0.5) is 0 Å². The van der Waals surface area contributed by atoms with Crippen LogP contribution >= 0.6 is 27.3 Å². The molecule has 4 rings (SSSR count). The zero-order valence-electron chi connectivity index (χ0n) is 15.3. The minimum Gasteiger partial charge on any atom is -0.296 e. The molecule has 1 atom stereocenters. The van der Waals surface area contributed by atoms with E-state index in [1.54, 1.807) is 23.7 Å². The summed E-state index contributed by atoms with van der Waals surface area (Å²) in [7, 11) is 0. The fraction of sp³-hybridized carbons (Fsp3) is 0.350. The molecular weight excluding hydrogens is 422 g/mol. The van der Waals surface area contributed by atoms with E-state index in [0.29, 0.717) is 11.9 Å². The summed E-state index contributed by atoms with van der Waals surface area (Å²) in [4.78, 5) is 19.4. The highest BCUT2D eigenvalue weighted by Gasteiger charge is 2.22. The van der Waals surface area contributed by atoms with Gasteiger partial charge in [-0.3, -0.25) is 9.80 Å². The highest BCUT2D eigenvalue weighted by molar-refractivity contribution is 9.10. The van der Waals surface area contributed by atoms with E-state index in [-0.39, 0.29) is 0 Å². The molecule has 140 valence electrons. The Balaban J connectivity index is 1.32. The molecule has 1 saturated heterocycles. The van der Waals surface area contributed by atoms with Gasteiger partial charge in [-0.05, 0) is 30.7 Å². The average Bonchev–Trinajstić information content (AvgIpc) is 3.18. The zero-order valence-corrected chi connectivity index (χ0v) is 17.7. The Bertz CT molecular complexity index is 860. The monoisotopic (exact) mass is 443 g/mol. The molecule has 1 aliphatic rings. The van der Waals surface area contributed by atoms with Crippen molar-refractivity contribution >= 4 is 27.3 Å². The third-order valence-electron chi connectivity index (χ3n) is 5.00. The Morgan fingerprint density at radius 2 is 1.74 bits per heavy atom. The highest BCUT2D eigenvalue weighted by Crippen LogP contribution is 2.25. The molecule has 1 unspecified atom stereocenters. The number of thiazole rings is 1. The van der Waals surface area contributed by atoms with Crippen molar-refractivity contribution in [2.45, 2.75) is 19.5 Å². The molecule has 3 aromatic rings. The lowest BCUT2D eigenvalue weighted by molar-refractivity contribution is 0.0984. The summed E-state index contributed by atoms with van der Waals surface area (Å²) in [6.07, 6.45) is 5.48. The second-order valence-corrected chi connectivity index (χ2v) is 8.77. The van der Waals surface area contributed by atoms with Crippen LogP contribution in [-0.2, 0) is 6.54 Å². The van der Waals surface area contributed by atoms with Crippen molar-refractivity contribution in [2.75, 3.05) is 26.2 Å². The lowest BCUT2D eigenvalue weighted by Gasteiger charge is -2.38. The van der Waals surface area contributed by atoms with Gasteiger partial charge in [-0.15, -0.1) is 11.3 Å². The molecule has 1 fully saturated rings. The fourth-order valence-corrected chi connectivity index (χ4v) is 4.54. The minimum absolute atomic E-state index is 0.450. The summed E-state index contributed by atoms with van der Waals surface area (Å²) < 4.78 is 1.13. The highest BCUT2D eigenvalue weighted by atomic mass is 79.9. The van der Waals surface area contributed by atoms with Crippen molar-refractivity contribution in [3.05, 3.63) is 63.8 Å². The summed E-state index contributed by atoms with van der Waals surface area (Å²) in [5.41, 5.74) is 1.38. The molecule has 0 radical (unpaired) electrons. The van der Waals surface area contributed by atoms with Gasteiger partial charge in [-0.25, -0.2) is 15.0 Å². The number of rotatable bonds is 5. The number of aromatic nitrogens is 3. The van der Waals surface area contributed by atoms with Gasteiger partial charge in [0.25, 0.3) is 0 Å². The summed E-state index contributed by atoms with van der Waals surface area (Å²) >= 11 is 5.20. The second-order valence-electron chi connectivity index (χ2n) is 6.74. The largest absolute Gasteiger partial charge is 0.296 e. The van der Waals surface area contributed by atoms with Gasteiger partial charge in [0.15, 0.2) is 10.8 Å². The van der Waals surface area contributed by atoms with Crippen LogP contribution in [0.2, 0.25) is 0 Å².